The van der Waals surface area contributed by atoms with E-state index in [0.717, 1.165) is 36.4 Å². The van der Waals surface area contributed by atoms with Crippen molar-refractivity contribution < 1.29 is 43.9 Å². The van der Waals surface area contributed by atoms with Crippen molar-refractivity contribution in [1.82, 2.24) is 0 Å². The van der Waals surface area contributed by atoms with E-state index in [4.69, 9.17) is 0 Å². The Balaban J connectivity index is 2.80. The summed E-state index contributed by atoms with van der Waals surface area (Å²) in [4.78, 5) is 23.4. The van der Waals surface area contributed by atoms with Gasteiger partial charge >= 0.3 is 0 Å². The Kier molecular flexibility index (Phi) is 5.96. The van der Waals surface area contributed by atoms with Crippen LogP contribution < -0.4 is 0 Å². The Hall–Kier alpha value is -3.03. The molecular weight excluding hydrogens is 452 g/mol. The minimum absolute atomic E-state index is 0.492. The van der Waals surface area contributed by atoms with Crippen molar-refractivity contribution in [3.05, 3.63) is 36.4 Å². The van der Waals surface area contributed by atoms with Crippen molar-refractivity contribution in [3.8, 4) is 0 Å². The maximum atomic E-state index is 12.8. The molecule has 0 aliphatic rings. The molecule has 0 saturated carbocycles. The summed E-state index contributed by atoms with van der Waals surface area (Å²) < 4.78 is 89.8. The summed E-state index contributed by atoms with van der Waals surface area (Å²) in [6.07, 6.45) is 2.08. The molecule has 12 nitrogen and oxygen atoms in total. The molecule has 0 unspecified atom stereocenters. The lowest BCUT2D eigenvalue weighted by molar-refractivity contribution is 0.481. The third kappa shape index (κ3) is 4.70. The van der Waals surface area contributed by atoms with Gasteiger partial charge in [-0.25, -0.2) is 18.0 Å². The van der Waals surface area contributed by atoms with Crippen molar-refractivity contribution >= 4 is 53.6 Å². The van der Waals surface area contributed by atoms with E-state index in [9.17, 15) is 43.9 Å². The van der Waals surface area contributed by atoms with Crippen LogP contribution in [-0.4, -0.2) is 46.5 Å². The number of nitrogens with zero attached hydrogens (tertiary/aromatic N) is 2. The monoisotopic (exact) mass is 460 g/mol. The van der Waals surface area contributed by atoms with E-state index in [0.29, 0.717) is 12.1 Å². The highest BCUT2D eigenvalue weighted by Crippen LogP contribution is 2.32. The zero-order chi connectivity index (χ0) is 22.0. The van der Waals surface area contributed by atoms with Crippen LogP contribution in [0.4, 0.5) is 11.4 Å². The number of aliphatic imine (C=N–C) groups is 2. The molecule has 2 aromatic carbocycles. The van der Waals surface area contributed by atoms with Gasteiger partial charge in [0.25, 0.3) is 20.2 Å². The molecule has 0 aromatic heterocycles. The molecule has 0 aliphatic heterocycles. The molecule has 2 aromatic rings. The predicted molar refractivity (Wildman–Crippen MR) is 93.5 cm³/mol. The van der Waals surface area contributed by atoms with Crippen molar-refractivity contribution in [2.24, 2.45) is 9.98 Å². The van der Waals surface area contributed by atoms with Gasteiger partial charge in [-0.05, 0) is 36.4 Å². The molecule has 152 valence electrons. The minimum atomic E-state index is -5.00. The second-order valence-corrected chi connectivity index (χ2v) is 9.85. The van der Waals surface area contributed by atoms with E-state index in [1.165, 1.54) is 0 Å². The number of isocyanates is 2. The maximum Gasteiger partial charge on any atom is 0.296 e. The van der Waals surface area contributed by atoms with E-state index in [1.54, 1.807) is 0 Å². The topological polar surface area (TPSA) is 202 Å². The number of benzene rings is 2. The summed E-state index contributed by atoms with van der Waals surface area (Å²) in [5.74, 6) is 0. The van der Waals surface area contributed by atoms with Crippen molar-refractivity contribution in [2.45, 2.75) is 19.6 Å². The SMILES string of the molecule is O=C=Nc1ccc(S(=O)(=O)c2ccc(N=C=O)c(S(=O)(=O)O)c2)cc1S(=O)(=O)O. The molecule has 0 radical (unpaired) electrons. The molecule has 0 amide bonds. The van der Waals surface area contributed by atoms with Crippen molar-refractivity contribution in [3.63, 3.8) is 0 Å². The average Bonchev–Trinajstić information content (AvgIpc) is 2.61. The second-order valence-electron chi connectivity index (χ2n) is 5.12. The van der Waals surface area contributed by atoms with E-state index in [-0.39, 0.29) is 0 Å². The number of hydrogen-bond acceptors (Lipinski definition) is 10. The summed E-state index contributed by atoms with van der Waals surface area (Å²) in [7, 11) is -14.6. The van der Waals surface area contributed by atoms with E-state index in [2.05, 4.69) is 9.98 Å². The van der Waals surface area contributed by atoms with Gasteiger partial charge in [0.05, 0.1) is 21.2 Å². The highest BCUT2D eigenvalue weighted by atomic mass is 32.2. The first-order valence-electron chi connectivity index (χ1n) is 6.96. The highest BCUT2D eigenvalue weighted by molar-refractivity contribution is 7.91. The molecule has 2 rings (SSSR count). The van der Waals surface area contributed by atoms with Crippen LogP contribution in [0.2, 0.25) is 0 Å². The van der Waals surface area contributed by atoms with Crippen LogP contribution in [-0.2, 0) is 39.7 Å². The number of rotatable bonds is 6. The van der Waals surface area contributed by atoms with Gasteiger partial charge in [0.1, 0.15) is 9.79 Å². The predicted octanol–water partition coefficient (Wildman–Crippen LogP) is 0.947. The zero-order valence-corrected chi connectivity index (χ0v) is 16.2. The van der Waals surface area contributed by atoms with Crippen LogP contribution in [0.3, 0.4) is 0 Å². The number of carbonyl (C=O) groups excluding carboxylic acids is 2. The van der Waals surface area contributed by atoms with Crippen LogP contribution >= 0.6 is 0 Å². The highest BCUT2D eigenvalue weighted by Gasteiger charge is 2.26. The Morgan fingerprint density at radius 2 is 1.00 bits per heavy atom. The lowest BCUT2D eigenvalue weighted by Crippen LogP contribution is -2.07. The smallest absolute Gasteiger partial charge is 0.282 e. The standard InChI is InChI=1S/C14H8N2O10S3/c17-7-15-11-3-1-9(5-13(11)28(21,22)23)27(19,20)10-2-4-12(16-8-18)14(6-10)29(24,25)26/h1-6H,(H,21,22,23)(H,24,25,26). The Bertz CT molecular complexity index is 1310. The molecule has 29 heavy (non-hydrogen) atoms. The lowest BCUT2D eigenvalue weighted by Gasteiger charge is -2.09. The molecule has 0 aliphatic carbocycles. The normalized spacial score (nSPS) is 11.9. The summed E-state index contributed by atoms with van der Waals surface area (Å²) >= 11 is 0. The average molecular weight is 460 g/mol. The third-order valence-electron chi connectivity index (χ3n) is 3.37. The molecular formula is C14H8N2O10S3. The zero-order valence-electron chi connectivity index (χ0n) is 13.7. The van der Waals surface area contributed by atoms with Crippen molar-refractivity contribution in [2.75, 3.05) is 0 Å². The first-order valence-corrected chi connectivity index (χ1v) is 11.3. The fraction of sp³-hybridized carbons (Fsp3) is 0. The first-order chi connectivity index (χ1) is 13.3. The quantitative estimate of drug-likeness (QED) is 0.355. The number of hydrogen-bond donors (Lipinski definition) is 2. The third-order valence-corrected chi connectivity index (χ3v) is 6.89. The Labute approximate surface area is 163 Å². The molecule has 2 N–H and O–H groups in total. The summed E-state index contributed by atoms with van der Waals surface area (Å²) in [6, 6.07) is 4.26. The van der Waals surface area contributed by atoms with Gasteiger partial charge in [-0.2, -0.15) is 26.8 Å². The molecule has 0 heterocycles. The molecule has 15 heteroatoms. The van der Waals surface area contributed by atoms with Crippen LogP contribution in [0.5, 0.6) is 0 Å². The maximum absolute atomic E-state index is 12.8. The van der Waals surface area contributed by atoms with E-state index >= 15 is 0 Å². The van der Waals surface area contributed by atoms with Gasteiger partial charge < -0.3 is 0 Å². The van der Waals surface area contributed by atoms with Gasteiger partial charge in [-0.1, -0.05) is 0 Å². The lowest BCUT2D eigenvalue weighted by atomic mass is 10.3. The van der Waals surface area contributed by atoms with Gasteiger partial charge in [-0.3, -0.25) is 9.11 Å². The molecule has 0 atom stereocenters. The van der Waals surface area contributed by atoms with E-state index < -0.39 is 61.0 Å². The van der Waals surface area contributed by atoms with Crippen LogP contribution in [0.25, 0.3) is 0 Å². The van der Waals surface area contributed by atoms with Gasteiger partial charge in [0, 0.05) is 0 Å². The van der Waals surface area contributed by atoms with Gasteiger partial charge in [0.15, 0.2) is 0 Å². The van der Waals surface area contributed by atoms with Crippen molar-refractivity contribution in [1.29, 1.82) is 0 Å². The van der Waals surface area contributed by atoms with Crippen LogP contribution in [0.1, 0.15) is 0 Å². The molecule has 0 spiro atoms. The minimum Gasteiger partial charge on any atom is -0.282 e. The van der Waals surface area contributed by atoms with Crippen LogP contribution in [0, 0.1) is 0 Å². The van der Waals surface area contributed by atoms with Gasteiger partial charge in [-0.15, -0.1) is 0 Å². The molecule has 0 saturated heterocycles. The summed E-state index contributed by atoms with van der Waals surface area (Å²) in [5.41, 5.74) is -1.17. The second kappa shape index (κ2) is 7.77. The van der Waals surface area contributed by atoms with Gasteiger partial charge in [0.2, 0.25) is 22.0 Å². The largest absolute Gasteiger partial charge is 0.296 e. The molecule has 0 bridgehead atoms. The first kappa shape index (κ1) is 22.3. The Morgan fingerprint density at radius 3 is 1.28 bits per heavy atom. The van der Waals surface area contributed by atoms with E-state index in [1.807, 2.05) is 0 Å². The Morgan fingerprint density at radius 1 is 0.655 bits per heavy atom. The number of sulfone groups is 1. The summed E-state index contributed by atoms with van der Waals surface area (Å²) in [6.45, 7) is 0. The molecule has 0 fully saturated rings. The summed E-state index contributed by atoms with van der Waals surface area (Å²) in [5, 5.41) is 0. The van der Waals surface area contributed by atoms with Crippen LogP contribution in [0.15, 0.2) is 66.0 Å². The fourth-order valence-corrected chi connectivity index (χ4v) is 4.93. The fourth-order valence-electron chi connectivity index (χ4n) is 2.16.